The second-order valence-corrected chi connectivity index (χ2v) is 5.86. The first kappa shape index (κ1) is 13.1. The predicted molar refractivity (Wildman–Crippen MR) is 72.8 cm³/mol. The Morgan fingerprint density at radius 3 is 2.75 bits per heavy atom. The zero-order chi connectivity index (χ0) is 14.3. The summed E-state index contributed by atoms with van der Waals surface area (Å²) in [6, 6.07) is 2.70. The molecular weight excluding hydrogens is 254 g/mol. The zero-order valence-electron chi connectivity index (χ0n) is 11.9. The van der Waals surface area contributed by atoms with Gasteiger partial charge in [0.2, 0.25) is 5.91 Å². The van der Waals surface area contributed by atoms with E-state index in [1.165, 1.54) is 0 Å². The van der Waals surface area contributed by atoms with E-state index in [1.54, 1.807) is 12.4 Å². The van der Waals surface area contributed by atoms with E-state index >= 15 is 0 Å². The third-order valence-corrected chi connectivity index (χ3v) is 4.27. The maximum absolute atomic E-state index is 12.3. The van der Waals surface area contributed by atoms with Gasteiger partial charge >= 0.3 is 0 Å². The summed E-state index contributed by atoms with van der Waals surface area (Å²) in [6.07, 6.45) is 4.29. The third-order valence-electron chi connectivity index (χ3n) is 4.27. The fourth-order valence-electron chi connectivity index (χ4n) is 3.04. The van der Waals surface area contributed by atoms with Crippen molar-refractivity contribution in [3.63, 3.8) is 0 Å². The number of nitriles is 1. The van der Waals surface area contributed by atoms with Crippen LogP contribution in [0.4, 0.5) is 0 Å². The number of carbonyl (C=O) groups is 1. The molecule has 0 bridgehead atoms. The lowest BCUT2D eigenvalue weighted by Gasteiger charge is -2.42. The van der Waals surface area contributed by atoms with Gasteiger partial charge in [-0.05, 0) is 20.3 Å². The van der Waals surface area contributed by atoms with Crippen molar-refractivity contribution < 1.29 is 4.79 Å². The first-order chi connectivity index (χ1) is 9.60. The number of hydrogen-bond acceptors (Lipinski definition) is 4. The second-order valence-electron chi connectivity index (χ2n) is 5.86. The molecule has 1 atom stereocenters. The summed E-state index contributed by atoms with van der Waals surface area (Å²) in [7, 11) is 0. The normalized spacial score (nSPS) is 24.2. The van der Waals surface area contributed by atoms with Crippen molar-refractivity contribution in [2.75, 3.05) is 19.6 Å². The van der Waals surface area contributed by atoms with Gasteiger partial charge in [0.25, 0.3) is 0 Å². The molecule has 1 amide bonds. The van der Waals surface area contributed by atoms with Gasteiger partial charge in [0.05, 0.1) is 23.8 Å². The van der Waals surface area contributed by atoms with Crippen molar-refractivity contribution >= 4 is 5.91 Å². The van der Waals surface area contributed by atoms with E-state index in [1.807, 2.05) is 9.58 Å². The van der Waals surface area contributed by atoms with Crippen LogP contribution in [-0.4, -0.2) is 57.2 Å². The van der Waals surface area contributed by atoms with E-state index in [-0.39, 0.29) is 24.0 Å². The van der Waals surface area contributed by atoms with Crippen LogP contribution in [0.2, 0.25) is 0 Å². The Balaban J connectivity index is 1.58. The van der Waals surface area contributed by atoms with E-state index in [4.69, 9.17) is 5.26 Å². The average Bonchev–Trinajstić information content (AvgIpc) is 2.96. The van der Waals surface area contributed by atoms with Gasteiger partial charge in [-0.15, -0.1) is 0 Å². The minimum absolute atomic E-state index is 0.0413. The summed E-state index contributed by atoms with van der Waals surface area (Å²) in [4.78, 5) is 16.5. The van der Waals surface area contributed by atoms with Crippen LogP contribution in [-0.2, 0) is 4.79 Å². The maximum atomic E-state index is 12.3. The molecule has 106 valence electrons. The summed E-state index contributed by atoms with van der Waals surface area (Å²) < 4.78 is 1.84. The fourth-order valence-corrected chi connectivity index (χ4v) is 3.04. The molecule has 0 radical (unpaired) electrons. The topological polar surface area (TPSA) is 65.2 Å². The smallest absolute Gasteiger partial charge is 0.240 e. The molecule has 0 aliphatic carbocycles. The van der Waals surface area contributed by atoms with Crippen molar-refractivity contribution in [1.29, 1.82) is 5.26 Å². The molecule has 6 nitrogen and oxygen atoms in total. The molecule has 2 saturated heterocycles. The van der Waals surface area contributed by atoms with Gasteiger partial charge in [-0.25, -0.2) is 0 Å². The highest BCUT2D eigenvalue weighted by molar-refractivity contribution is 5.84. The predicted octanol–water partition coefficient (Wildman–Crippen LogP) is 0.621. The van der Waals surface area contributed by atoms with Crippen LogP contribution in [0.5, 0.6) is 0 Å². The molecule has 3 rings (SSSR count). The number of aromatic nitrogens is 2. The molecule has 0 N–H and O–H groups in total. The Labute approximate surface area is 118 Å². The van der Waals surface area contributed by atoms with Gasteiger partial charge < -0.3 is 4.90 Å². The molecule has 1 unspecified atom stereocenters. The minimum atomic E-state index is 0.0413. The number of amides is 1. The molecule has 0 saturated carbocycles. The summed E-state index contributed by atoms with van der Waals surface area (Å²) in [6.45, 7) is 6.67. The monoisotopic (exact) mass is 273 g/mol. The molecule has 2 fully saturated rings. The summed E-state index contributed by atoms with van der Waals surface area (Å²) in [5.74, 6) is 0.261. The van der Waals surface area contributed by atoms with Crippen molar-refractivity contribution in [1.82, 2.24) is 19.6 Å². The quantitative estimate of drug-likeness (QED) is 0.810. The van der Waals surface area contributed by atoms with Crippen molar-refractivity contribution in [3.05, 3.63) is 18.0 Å². The number of hydrogen-bond donors (Lipinski definition) is 0. The molecule has 0 spiro atoms. The van der Waals surface area contributed by atoms with Gasteiger partial charge in [0.15, 0.2) is 0 Å². The van der Waals surface area contributed by atoms with Gasteiger partial charge in [0, 0.05) is 31.9 Å². The van der Waals surface area contributed by atoms with Gasteiger partial charge in [0.1, 0.15) is 6.07 Å². The lowest BCUT2D eigenvalue weighted by molar-refractivity contribution is -0.135. The summed E-state index contributed by atoms with van der Waals surface area (Å²) in [5.41, 5.74) is 0.589. The molecule has 1 aromatic heterocycles. The van der Waals surface area contributed by atoms with Gasteiger partial charge in [-0.2, -0.15) is 10.4 Å². The Morgan fingerprint density at radius 1 is 1.45 bits per heavy atom. The number of carbonyl (C=O) groups excluding carboxylic acids is 1. The minimum Gasteiger partial charge on any atom is -0.339 e. The van der Waals surface area contributed by atoms with E-state index < -0.39 is 0 Å². The van der Waals surface area contributed by atoms with Crippen LogP contribution < -0.4 is 0 Å². The highest BCUT2D eigenvalue weighted by atomic mass is 16.2. The van der Waals surface area contributed by atoms with Gasteiger partial charge in [-0.3, -0.25) is 14.4 Å². The maximum Gasteiger partial charge on any atom is 0.240 e. The van der Waals surface area contributed by atoms with Gasteiger partial charge in [-0.1, -0.05) is 0 Å². The molecular formula is C14H19N5O. The van der Waals surface area contributed by atoms with Crippen LogP contribution in [0, 0.1) is 11.3 Å². The van der Waals surface area contributed by atoms with Crippen molar-refractivity contribution in [3.8, 4) is 6.07 Å². The molecule has 1 aromatic rings. The average molecular weight is 273 g/mol. The number of rotatable bonds is 3. The Kier molecular flexibility index (Phi) is 3.22. The number of nitrogens with zero attached hydrogens (tertiary/aromatic N) is 5. The second kappa shape index (κ2) is 4.91. The van der Waals surface area contributed by atoms with Crippen LogP contribution in [0.15, 0.2) is 12.4 Å². The molecule has 3 heterocycles. The Morgan fingerprint density at radius 2 is 2.20 bits per heavy atom. The SMILES string of the molecule is CC(C)N1CCC(N2CC(n3cc(C#N)cn3)C2)C1=O. The van der Waals surface area contributed by atoms with Crippen LogP contribution >= 0.6 is 0 Å². The molecule has 2 aliphatic rings. The molecule has 20 heavy (non-hydrogen) atoms. The molecule has 2 aliphatic heterocycles. The highest BCUT2D eigenvalue weighted by Crippen LogP contribution is 2.28. The first-order valence-corrected chi connectivity index (χ1v) is 7.09. The highest BCUT2D eigenvalue weighted by Gasteiger charge is 2.42. The zero-order valence-corrected chi connectivity index (χ0v) is 11.9. The number of likely N-dealkylation sites (tertiary alicyclic amines) is 2. The molecule has 6 heteroatoms. The fraction of sp³-hybridized carbons (Fsp3) is 0.643. The third kappa shape index (κ3) is 2.08. The lowest BCUT2D eigenvalue weighted by Crippen LogP contribution is -2.55. The van der Waals surface area contributed by atoms with E-state index in [0.29, 0.717) is 5.56 Å². The first-order valence-electron chi connectivity index (χ1n) is 7.09. The standard InChI is InChI=1S/C14H19N5O/c1-10(2)18-4-3-13(14(18)20)17-8-12(9-17)19-7-11(5-15)6-16-19/h6-7,10,12-13H,3-4,8-9H2,1-2H3. The largest absolute Gasteiger partial charge is 0.339 e. The van der Waals surface area contributed by atoms with Crippen LogP contribution in [0.1, 0.15) is 31.9 Å². The Hall–Kier alpha value is -1.87. The van der Waals surface area contributed by atoms with E-state index in [0.717, 1.165) is 26.1 Å². The summed E-state index contributed by atoms with van der Waals surface area (Å²) >= 11 is 0. The van der Waals surface area contributed by atoms with Crippen LogP contribution in [0.3, 0.4) is 0 Å². The van der Waals surface area contributed by atoms with Crippen LogP contribution in [0.25, 0.3) is 0 Å². The molecule has 0 aromatic carbocycles. The van der Waals surface area contributed by atoms with Crippen molar-refractivity contribution in [2.24, 2.45) is 0 Å². The Bertz CT molecular complexity index is 552. The van der Waals surface area contributed by atoms with E-state index in [2.05, 4.69) is 29.9 Å². The van der Waals surface area contributed by atoms with Crippen molar-refractivity contribution in [2.45, 2.75) is 38.4 Å². The lowest BCUT2D eigenvalue weighted by atomic mass is 10.0. The van der Waals surface area contributed by atoms with E-state index in [9.17, 15) is 4.79 Å². The summed E-state index contributed by atoms with van der Waals surface area (Å²) in [5, 5.41) is 13.0.